The summed E-state index contributed by atoms with van der Waals surface area (Å²) in [5.41, 5.74) is 0.683. The maximum Gasteiger partial charge on any atom is 0.299 e. The van der Waals surface area contributed by atoms with Crippen molar-refractivity contribution in [3.8, 4) is 5.75 Å². The van der Waals surface area contributed by atoms with Crippen molar-refractivity contribution in [2.45, 2.75) is 6.10 Å². The molecule has 1 aliphatic rings. The molecule has 0 saturated heterocycles. The molecule has 0 aliphatic carbocycles. The van der Waals surface area contributed by atoms with Gasteiger partial charge in [0.2, 0.25) is 0 Å². The number of benzene rings is 1. The zero-order valence-electron chi connectivity index (χ0n) is 9.79. The Hall–Kier alpha value is -1.92. The van der Waals surface area contributed by atoms with E-state index in [0.717, 1.165) is 4.90 Å². The highest BCUT2D eigenvalue weighted by Gasteiger charge is 2.36. The number of rotatable bonds is 4. The minimum atomic E-state index is -1.07. The maximum atomic E-state index is 11.8. The van der Waals surface area contributed by atoms with Gasteiger partial charge in [0.05, 0.1) is 37.6 Å². The van der Waals surface area contributed by atoms with Gasteiger partial charge in [0.1, 0.15) is 5.75 Å². The van der Waals surface area contributed by atoms with Gasteiger partial charge in [-0.2, -0.15) is 0 Å². The van der Waals surface area contributed by atoms with Gasteiger partial charge in [0.25, 0.3) is 11.7 Å². The van der Waals surface area contributed by atoms with Crippen LogP contribution in [0.25, 0.3) is 0 Å². The molecule has 18 heavy (non-hydrogen) atoms. The lowest BCUT2D eigenvalue weighted by atomic mass is 10.1. The Balaban J connectivity index is 2.37. The maximum absolute atomic E-state index is 11.8. The van der Waals surface area contributed by atoms with Gasteiger partial charge >= 0.3 is 0 Å². The van der Waals surface area contributed by atoms with Gasteiger partial charge in [0.15, 0.2) is 0 Å². The highest BCUT2D eigenvalue weighted by molar-refractivity contribution is 6.52. The molecule has 1 unspecified atom stereocenters. The largest absolute Gasteiger partial charge is 0.497 e. The summed E-state index contributed by atoms with van der Waals surface area (Å²) in [5.74, 6) is -0.848. The molecule has 1 aliphatic heterocycles. The Morgan fingerprint density at radius 3 is 2.72 bits per heavy atom. The molecule has 6 heteroatoms. The van der Waals surface area contributed by atoms with Crippen LogP contribution >= 0.6 is 0 Å². The number of carbonyl (C=O) groups is 2. The first-order valence-electron chi connectivity index (χ1n) is 5.41. The summed E-state index contributed by atoms with van der Waals surface area (Å²) in [5, 5.41) is 18.2. The first-order chi connectivity index (χ1) is 8.58. The van der Waals surface area contributed by atoms with E-state index >= 15 is 0 Å². The normalized spacial score (nSPS) is 15.8. The van der Waals surface area contributed by atoms with E-state index in [1.54, 1.807) is 12.1 Å². The van der Waals surface area contributed by atoms with E-state index in [1.807, 2.05) is 0 Å². The van der Waals surface area contributed by atoms with Crippen molar-refractivity contribution in [2.24, 2.45) is 0 Å². The number of methoxy groups -OCH3 is 1. The minimum absolute atomic E-state index is 0.111. The molecule has 0 aromatic heterocycles. The summed E-state index contributed by atoms with van der Waals surface area (Å²) in [6, 6.07) is 4.70. The number of Topliss-reactive ketones (excluding diaryl/α,β-unsaturated/α-hetero) is 1. The fourth-order valence-corrected chi connectivity index (χ4v) is 1.86. The number of hydrogen-bond acceptors (Lipinski definition) is 5. The minimum Gasteiger partial charge on any atom is -0.497 e. The van der Waals surface area contributed by atoms with Gasteiger partial charge in [-0.05, 0) is 18.2 Å². The fraction of sp³-hybridized carbons (Fsp3) is 0.333. The molecule has 0 bridgehead atoms. The van der Waals surface area contributed by atoms with Crippen LogP contribution in [0.3, 0.4) is 0 Å². The smallest absolute Gasteiger partial charge is 0.299 e. The molecule has 0 saturated carbocycles. The second-order valence-electron chi connectivity index (χ2n) is 3.96. The van der Waals surface area contributed by atoms with Crippen LogP contribution in [0.2, 0.25) is 0 Å². The van der Waals surface area contributed by atoms with E-state index in [2.05, 4.69) is 0 Å². The van der Waals surface area contributed by atoms with Crippen LogP contribution in [-0.2, 0) is 4.79 Å². The number of hydrogen-bond donors (Lipinski definition) is 2. The number of anilines is 1. The predicted molar refractivity (Wildman–Crippen MR) is 62.8 cm³/mol. The third kappa shape index (κ3) is 1.96. The number of nitrogens with zero attached hydrogens (tertiary/aromatic N) is 1. The average Bonchev–Trinajstić information content (AvgIpc) is 2.63. The standard InChI is InChI=1S/C12H13NO5/c1-18-8-2-3-10-9(4-8)11(16)12(17)13(10)5-7(15)6-14/h2-4,7,14-15H,5-6H2,1H3. The molecule has 6 nitrogen and oxygen atoms in total. The molecule has 0 fully saturated rings. The lowest BCUT2D eigenvalue weighted by molar-refractivity contribution is -0.114. The van der Waals surface area contributed by atoms with Gasteiger partial charge < -0.3 is 19.8 Å². The van der Waals surface area contributed by atoms with E-state index < -0.39 is 24.4 Å². The van der Waals surface area contributed by atoms with Gasteiger partial charge in [-0.1, -0.05) is 0 Å². The first kappa shape index (κ1) is 12.5. The summed E-state index contributed by atoms with van der Waals surface area (Å²) >= 11 is 0. The number of carbonyl (C=O) groups excluding carboxylic acids is 2. The molecule has 2 rings (SSSR count). The molecular formula is C12H13NO5. The third-order valence-corrected chi connectivity index (χ3v) is 2.78. The van der Waals surface area contributed by atoms with Gasteiger partial charge in [-0.3, -0.25) is 9.59 Å². The number of ether oxygens (including phenoxy) is 1. The number of ketones is 1. The van der Waals surface area contributed by atoms with Crippen molar-refractivity contribution < 1.29 is 24.5 Å². The number of aliphatic hydroxyl groups excluding tert-OH is 2. The van der Waals surface area contributed by atoms with Crippen LogP contribution in [-0.4, -0.2) is 48.3 Å². The second-order valence-corrected chi connectivity index (χ2v) is 3.96. The first-order valence-corrected chi connectivity index (χ1v) is 5.41. The number of fused-ring (bicyclic) bond motifs is 1. The summed E-state index contributed by atoms with van der Waals surface area (Å²) in [6.45, 7) is -0.580. The Labute approximate surface area is 103 Å². The van der Waals surface area contributed by atoms with Crippen molar-refractivity contribution in [1.82, 2.24) is 0 Å². The van der Waals surface area contributed by atoms with Gasteiger partial charge in [0, 0.05) is 0 Å². The van der Waals surface area contributed by atoms with E-state index in [0.29, 0.717) is 11.4 Å². The Kier molecular flexibility index (Phi) is 3.31. The quantitative estimate of drug-likeness (QED) is 0.709. The Bertz CT molecular complexity index is 499. The van der Waals surface area contributed by atoms with Crippen molar-refractivity contribution in [3.05, 3.63) is 23.8 Å². The molecule has 1 heterocycles. The molecule has 1 atom stereocenters. The second kappa shape index (κ2) is 4.75. The molecule has 96 valence electrons. The van der Waals surface area contributed by atoms with Crippen molar-refractivity contribution in [1.29, 1.82) is 0 Å². The number of amides is 1. The van der Waals surface area contributed by atoms with E-state index in [9.17, 15) is 14.7 Å². The van der Waals surface area contributed by atoms with E-state index in [4.69, 9.17) is 9.84 Å². The molecular weight excluding hydrogens is 238 g/mol. The zero-order chi connectivity index (χ0) is 13.3. The molecule has 0 radical (unpaired) electrons. The van der Waals surface area contributed by atoms with Crippen LogP contribution in [0.5, 0.6) is 5.75 Å². The molecule has 1 aromatic rings. The SMILES string of the molecule is COc1ccc2c(c1)C(=O)C(=O)N2CC(O)CO. The summed E-state index contributed by atoms with van der Waals surface area (Å²) in [4.78, 5) is 24.7. The predicted octanol–water partition coefficient (Wildman–Crippen LogP) is -0.422. The van der Waals surface area contributed by atoms with E-state index in [1.165, 1.54) is 13.2 Å². The van der Waals surface area contributed by atoms with Gasteiger partial charge in [-0.15, -0.1) is 0 Å². The zero-order valence-corrected chi connectivity index (χ0v) is 9.79. The molecule has 2 N–H and O–H groups in total. The summed E-state index contributed by atoms with van der Waals surface area (Å²) in [7, 11) is 1.47. The van der Waals surface area contributed by atoms with Crippen molar-refractivity contribution in [3.63, 3.8) is 0 Å². The van der Waals surface area contributed by atoms with Crippen LogP contribution in [0.1, 0.15) is 10.4 Å². The lowest BCUT2D eigenvalue weighted by Crippen LogP contribution is -2.38. The van der Waals surface area contributed by atoms with Crippen LogP contribution in [0.4, 0.5) is 5.69 Å². The van der Waals surface area contributed by atoms with Crippen LogP contribution in [0.15, 0.2) is 18.2 Å². The highest BCUT2D eigenvalue weighted by Crippen LogP contribution is 2.31. The topological polar surface area (TPSA) is 87.1 Å². The number of β-amino-alcohol motifs (C(OH)–C–C–N with tert-alkyl or cyclic N) is 1. The van der Waals surface area contributed by atoms with Crippen LogP contribution in [0, 0.1) is 0 Å². The van der Waals surface area contributed by atoms with Crippen molar-refractivity contribution >= 4 is 17.4 Å². The number of aliphatic hydroxyl groups is 2. The van der Waals surface area contributed by atoms with Gasteiger partial charge in [-0.25, -0.2) is 0 Å². The lowest BCUT2D eigenvalue weighted by Gasteiger charge is -2.19. The molecule has 1 amide bonds. The fourth-order valence-electron chi connectivity index (χ4n) is 1.86. The highest BCUT2D eigenvalue weighted by atomic mass is 16.5. The Morgan fingerprint density at radius 2 is 2.11 bits per heavy atom. The molecule has 1 aromatic carbocycles. The van der Waals surface area contributed by atoms with E-state index in [-0.39, 0.29) is 12.1 Å². The molecule has 0 spiro atoms. The Morgan fingerprint density at radius 1 is 1.39 bits per heavy atom. The van der Waals surface area contributed by atoms with Crippen LogP contribution < -0.4 is 9.64 Å². The monoisotopic (exact) mass is 251 g/mol. The summed E-state index contributed by atoms with van der Waals surface area (Å²) in [6.07, 6.45) is -1.07. The van der Waals surface area contributed by atoms with Crippen molar-refractivity contribution in [2.75, 3.05) is 25.2 Å². The third-order valence-electron chi connectivity index (χ3n) is 2.78. The average molecular weight is 251 g/mol. The summed E-state index contributed by atoms with van der Waals surface area (Å²) < 4.78 is 4.99.